The highest BCUT2D eigenvalue weighted by molar-refractivity contribution is 5.60. The van der Waals surface area contributed by atoms with Gasteiger partial charge in [0, 0.05) is 5.69 Å². The summed E-state index contributed by atoms with van der Waals surface area (Å²) >= 11 is 0. The van der Waals surface area contributed by atoms with Gasteiger partial charge < -0.3 is 10.4 Å². The average Bonchev–Trinajstić information content (AvgIpc) is 2.43. The van der Waals surface area contributed by atoms with E-state index in [1.165, 1.54) is 0 Å². The minimum Gasteiger partial charge on any atom is -0.386 e. The highest BCUT2D eigenvalue weighted by Crippen LogP contribution is 2.29. The van der Waals surface area contributed by atoms with Gasteiger partial charge >= 0.3 is 0 Å². The highest BCUT2D eigenvalue weighted by atomic mass is 16.3. The molecule has 2 aromatic rings. The molecule has 2 atom stereocenters. The van der Waals surface area contributed by atoms with E-state index in [4.69, 9.17) is 0 Å². The summed E-state index contributed by atoms with van der Waals surface area (Å²) in [7, 11) is 0. The van der Waals surface area contributed by atoms with Crippen molar-refractivity contribution in [3.05, 3.63) is 71.8 Å². The summed E-state index contributed by atoms with van der Waals surface area (Å²) in [5.74, 6) is 0. The maximum absolute atomic E-state index is 10.4. The summed E-state index contributed by atoms with van der Waals surface area (Å²) < 4.78 is 0. The number of anilines is 1. The SMILES string of the molecule is O[C@H]1c2ccccc2C=C[C@@H]1Nc1ccccc1. The third-order valence-corrected chi connectivity index (χ3v) is 3.25. The monoisotopic (exact) mass is 237 g/mol. The Balaban J connectivity index is 1.85. The van der Waals surface area contributed by atoms with Crippen LogP contribution in [0.15, 0.2) is 60.7 Å². The molecule has 0 unspecified atom stereocenters. The standard InChI is InChI=1S/C16H15NO/c18-16-14-9-5-4-6-12(14)10-11-15(16)17-13-7-2-1-3-8-13/h1-11,15-18H/t15-,16-/m0/s1. The van der Waals surface area contributed by atoms with Crippen LogP contribution in [0, 0.1) is 0 Å². The van der Waals surface area contributed by atoms with Crippen molar-refractivity contribution in [2.75, 3.05) is 5.32 Å². The zero-order chi connectivity index (χ0) is 12.4. The van der Waals surface area contributed by atoms with Gasteiger partial charge in [0.2, 0.25) is 0 Å². The molecule has 0 saturated heterocycles. The highest BCUT2D eigenvalue weighted by Gasteiger charge is 2.23. The number of aliphatic hydroxyl groups is 1. The van der Waals surface area contributed by atoms with E-state index in [9.17, 15) is 5.11 Å². The molecular formula is C16H15NO. The number of fused-ring (bicyclic) bond motifs is 1. The first-order valence-electron chi connectivity index (χ1n) is 6.11. The number of nitrogens with one attached hydrogen (secondary N) is 1. The molecule has 2 nitrogen and oxygen atoms in total. The third-order valence-electron chi connectivity index (χ3n) is 3.25. The van der Waals surface area contributed by atoms with Crippen LogP contribution in [0.3, 0.4) is 0 Å². The summed E-state index contributed by atoms with van der Waals surface area (Å²) in [6.45, 7) is 0. The smallest absolute Gasteiger partial charge is 0.103 e. The van der Waals surface area contributed by atoms with Crippen LogP contribution in [-0.2, 0) is 0 Å². The topological polar surface area (TPSA) is 32.3 Å². The Kier molecular flexibility index (Phi) is 2.87. The number of benzene rings is 2. The second-order valence-corrected chi connectivity index (χ2v) is 4.47. The van der Waals surface area contributed by atoms with Crippen molar-refractivity contribution in [3.8, 4) is 0 Å². The molecule has 2 heteroatoms. The van der Waals surface area contributed by atoms with Crippen LogP contribution in [0.1, 0.15) is 17.2 Å². The zero-order valence-electron chi connectivity index (χ0n) is 9.95. The van der Waals surface area contributed by atoms with E-state index in [0.29, 0.717) is 0 Å². The lowest BCUT2D eigenvalue weighted by Crippen LogP contribution is -2.27. The zero-order valence-corrected chi connectivity index (χ0v) is 9.95. The maximum atomic E-state index is 10.4. The van der Waals surface area contributed by atoms with Crippen LogP contribution >= 0.6 is 0 Å². The Hall–Kier alpha value is -2.06. The molecule has 18 heavy (non-hydrogen) atoms. The molecule has 0 heterocycles. The quantitative estimate of drug-likeness (QED) is 0.840. The van der Waals surface area contributed by atoms with Crippen molar-refractivity contribution in [3.63, 3.8) is 0 Å². The van der Waals surface area contributed by atoms with Gasteiger partial charge in [-0.2, -0.15) is 0 Å². The first-order valence-corrected chi connectivity index (χ1v) is 6.11. The minimum atomic E-state index is -0.508. The molecule has 1 aliphatic rings. The molecule has 0 aromatic heterocycles. The molecule has 1 aliphatic carbocycles. The van der Waals surface area contributed by atoms with Crippen LogP contribution in [-0.4, -0.2) is 11.1 Å². The molecule has 0 amide bonds. The van der Waals surface area contributed by atoms with Gasteiger partial charge in [-0.25, -0.2) is 0 Å². The molecule has 0 bridgehead atoms. The third kappa shape index (κ3) is 2.03. The Morgan fingerprint density at radius 3 is 2.44 bits per heavy atom. The first kappa shape index (κ1) is 11.1. The number of para-hydroxylation sites is 1. The van der Waals surface area contributed by atoms with Crippen LogP contribution < -0.4 is 5.32 Å². The molecule has 2 aromatic carbocycles. The fourth-order valence-corrected chi connectivity index (χ4v) is 2.29. The van der Waals surface area contributed by atoms with Crippen molar-refractivity contribution in [2.45, 2.75) is 12.1 Å². The lowest BCUT2D eigenvalue weighted by molar-refractivity contribution is 0.168. The van der Waals surface area contributed by atoms with Crippen molar-refractivity contribution in [1.82, 2.24) is 0 Å². The van der Waals surface area contributed by atoms with E-state index in [1.807, 2.05) is 60.7 Å². The van der Waals surface area contributed by atoms with Crippen molar-refractivity contribution >= 4 is 11.8 Å². The first-order chi connectivity index (χ1) is 8.84. The lowest BCUT2D eigenvalue weighted by atomic mass is 9.91. The van der Waals surface area contributed by atoms with Crippen LogP contribution in [0.25, 0.3) is 6.08 Å². The molecule has 0 radical (unpaired) electrons. The van der Waals surface area contributed by atoms with E-state index in [-0.39, 0.29) is 6.04 Å². The maximum Gasteiger partial charge on any atom is 0.103 e. The van der Waals surface area contributed by atoms with E-state index < -0.39 is 6.10 Å². The van der Waals surface area contributed by atoms with E-state index in [0.717, 1.165) is 16.8 Å². The van der Waals surface area contributed by atoms with Crippen molar-refractivity contribution < 1.29 is 5.11 Å². The normalized spacial score (nSPS) is 21.4. The number of aliphatic hydroxyl groups excluding tert-OH is 1. The largest absolute Gasteiger partial charge is 0.386 e. The summed E-state index contributed by atoms with van der Waals surface area (Å²) in [5, 5.41) is 13.7. The Morgan fingerprint density at radius 2 is 1.61 bits per heavy atom. The van der Waals surface area contributed by atoms with Gasteiger partial charge in [0.1, 0.15) is 6.10 Å². The summed E-state index contributed by atoms with van der Waals surface area (Å²) in [6.07, 6.45) is 3.56. The second-order valence-electron chi connectivity index (χ2n) is 4.47. The Bertz CT molecular complexity index is 562. The predicted molar refractivity (Wildman–Crippen MR) is 74.3 cm³/mol. The molecule has 0 saturated carbocycles. The fourth-order valence-electron chi connectivity index (χ4n) is 2.29. The molecular weight excluding hydrogens is 222 g/mol. The molecule has 2 N–H and O–H groups in total. The summed E-state index contributed by atoms with van der Waals surface area (Å²) in [6, 6.07) is 17.8. The minimum absolute atomic E-state index is 0.0812. The van der Waals surface area contributed by atoms with Crippen molar-refractivity contribution in [1.29, 1.82) is 0 Å². The average molecular weight is 237 g/mol. The Morgan fingerprint density at radius 1 is 0.889 bits per heavy atom. The Labute approximate surface area is 107 Å². The van der Waals surface area contributed by atoms with Gasteiger partial charge in [-0.3, -0.25) is 0 Å². The summed E-state index contributed by atoms with van der Waals surface area (Å²) in [4.78, 5) is 0. The summed E-state index contributed by atoms with van der Waals surface area (Å²) in [5.41, 5.74) is 3.09. The number of rotatable bonds is 2. The van der Waals surface area contributed by atoms with Gasteiger partial charge in [0.15, 0.2) is 0 Å². The van der Waals surface area contributed by atoms with E-state index in [2.05, 4.69) is 11.4 Å². The van der Waals surface area contributed by atoms with E-state index in [1.54, 1.807) is 0 Å². The van der Waals surface area contributed by atoms with Crippen molar-refractivity contribution in [2.24, 2.45) is 0 Å². The molecule has 3 rings (SSSR count). The van der Waals surface area contributed by atoms with Crippen LogP contribution in [0.2, 0.25) is 0 Å². The van der Waals surface area contributed by atoms with Gasteiger partial charge in [-0.05, 0) is 23.3 Å². The van der Waals surface area contributed by atoms with E-state index >= 15 is 0 Å². The molecule has 0 aliphatic heterocycles. The number of hydrogen-bond donors (Lipinski definition) is 2. The van der Waals surface area contributed by atoms with Gasteiger partial charge in [-0.1, -0.05) is 54.6 Å². The van der Waals surface area contributed by atoms with Crippen LogP contribution in [0.4, 0.5) is 5.69 Å². The fraction of sp³-hybridized carbons (Fsp3) is 0.125. The van der Waals surface area contributed by atoms with Crippen LogP contribution in [0.5, 0.6) is 0 Å². The van der Waals surface area contributed by atoms with Gasteiger partial charge in [-0.15, -0.1) is 0 Å². The molecule has 0 fully saturated rings. The lowest BCUT2D eigenvalue weighted by Gasteiger charge is -2.27. The predicted octanol–water partition coefficient (Wildman–Crippen LogP) is 3.23. The molecule has 90 valence electrons. The molecule has 0 spiro atoms. The van der Waals surface area contributed by atoms with Gasteiger partial charge in [0.05, 0.1) is 6.04 Å². The second kappa shape index (κ2) is 4.67. The van der Waals surface area contributed by atoms with Gasteiger partial charge in [0.25, 0.3) is 0 Å². The number of hydrogen-bond acceptors (Lipinski definition) is 2.